The van der Waals surface area contributed by atoms with Crippen LogP contribution in [0.25, 0.3) is 6.08 Å². The molecule has 0 bridgehead atoms. The zero-order chi connectivity index (χ0) is 27.2. The molecule has 2 unspecified atom stereocenters. The van der Waals surface area contributed by atoms with Gasteiger partial charge in [-0.15, -0.1) is 0 Å². The average Bonchev–Trinajstić information content (AvgIpc) is 2.89. The Morgan fingerprint density at radius 2 is 1.76 bits per heavy atom. The van der Waals surface area contributed by atoms with Gasteiger partial charge in [-0.2, -0.15) is 0 Å². The maximum absolute atomic E-state index is 13.4. The lowest BCUT2D eigenvalue weighted by atomic mass is 9.90. The summed E-state index contributed by atoms with van der Waals surface area (Å²) < 4.78 is 32.0. The van der Waals surface area contributed by atoms with Gasteiger partial charge in [0, 0.05) is 31.8 Å². The molecule has 0 spiro atoms. The van der Waals surface area contributed by atoms with Gasteiger partial charge < -0.3 is 20.1 Å². The largest absolute Gasteiger partial charge is 0.497 e. The van der Waals surface area contributed by atoms with Gasteiger partial charge in [-0.05, 0) is 79.1 Å². The normalized spacial score (nSPS) is 13.9. The van der Waals surface area contributed by atoms with E-state index in [-0.39, 0.29) is 24.5 Å². The summed E-state index contributed by atoms with van der Waals surface area (Å²) in [5.74, 6) is -0.116. The van der Waals surface area contributed by atoms with E-state index in [1.165, 1.54) is 29.8 Å². The molecule has 2 rings (SSSR count). The zero-order valence-electron chi connectivity index (χ0n) is 22.6. The summed E-state index contributed by atoms with van der Waals surface area (Å²) in [6.07, 6.45) is 7.50. The number of halogens is 2. The second kappa shape index (κ2) is 16.2. The van der Waals surface area contributed by atoms with Crippen molar-refractivity contribution in [3.8, 4) is 5.75 Å². The van der Waals surface area contributed by atoms with Gasteiger partial charge in [-0.3, -0.25) is 4.79 Å². The lowest BCUT2D eigenvalue weighted by molar-refractivity contribution is -0.124. The molecule has 37 heavy (non-hydrogen) atoms. The number of methoxy groups -OCH3 is 1. The van der Waals surface area contributed by atoms with Gasteiger partial charge in [0.05, 0.1) is 13.7 Å². The van der Waals surface area contributed by atoms with Gasteiger partial charge in [0.1, 0.15) is 17.4 Å². The van der Waals surface area contributed by atoms with Crippen molar-refractivity contribution < 1.29 is 23.4 Å². The average molecular weight is 517 g/mol. The summed E-state index contributed by atoms with van der Waals surface area (Å²) in [6.45, 7) is 5.62. The van der Waals surface area contributed by atoms with Crippen molar-refractivity contribution in [1.29, 1.82) is 0 Å². The standard InChI is InChI=1S/C30H42F2N2O3/c1-5-7-24(25-9-11-28(37-4)12-10-25)14-16-33-29(21-35)23(6-2)15-17-34(3)30(36)13-8-22-18-26(31)20-27(32)19-22/h8-13,18-20,23-24,29,33,35H,5-7,14-17,21H2,1-4H3/b13-8+/t23?,24?,29-/m1/s1. The number of carbonyl (C=O) groups excluding carboxylic acids is 1. The summed E-state index contributed by atoms with van der Waals surface area (Å²) in [5, 5.41) is 13.6. The highest BCUT2D eigenvalue weighted by molar-refractivity contribution is 5.91. The number of ether oxygens (including phenoxy) is 1. The van der Waals surface area contributed by atoms with E-state index in [4.69, 9.17) is 4.74 Å². The van der Waals surface area contributed by atoms with Gasteiger partial charge >= 0.3 is 0 Å². The van der Waals surface area contributed by atoms with Crippen molar-refractivity contribution in [3.63, 3.8) is 0 Å². The summed E-state index contributed by atoms with van der Waals surface area (Å²) >= 11 is 0. The fraction of sp³-hybridized carbons (Fsp3) is 0.500. The van der Waals surface area contributed by atoms with Gasteiger partial charge in [0.25, 0.3) is 0 Å². The van der Waals surface area contributed by atoms with Crippen LogP contribution in [-0.2, 0) is 4.79 Å². The second-order valence-corrected chi connectivity index (χ2v) is 9.54. The van der Waals surface area contributed by atoms with Gasteiger partial charge in [-0.1, -0.05) is 38.8 Å². The number of benzene rings is 2. The van der Waals surface area contributed by atoms with Crippen LogP contribution in [-0.4, -0.2) is 55.8 Å². The van der Waals surface area contributed by atoms with E-state index in [9.17, 15) is 18.7 Å². The first-order chi connectivity index (χ1) is 17.8. The first kappa shape index (κ1) is 30.5. The van der Waals surface area contributed by atoms with Crippen molar-refractivity contribution in [1.82, 2.24) is 10.2 Å². The predicted octanol–water partition coefficient (Wildman–Crippen LogP) is 5.79. The molecule has 0 fully saturated rings. The fourth-order valence-corrected chi connectivity index (χ4v) is 4.65. The molecule has 204 valence electrons. The number of carbonyl (C=O) groups is 1. The van der Waals surface area contributed by atoms with Crippen LogP contribution < -0.4 is 10.1 Å². The SMILES string of the molecule is CCCC(CCN[C@H](CO)C(CC)CCN(C)C(=O)/C=C/c1cc(F)cc(F)c1)c1ccc(OC)cc1. The van der Waals surface area contributed by atoms with E-state index in [1.807, 2.05) is 12.1 Å². The first-order valence-electron chi connectivity index (χ1n) is 13.2. The van der Waals surface area contributed by atoms with Crippen LogP contribution in [0.3, 0.4) is 0 Å². The minimum atomic E-state index is -0.682. The van der Waals surface area contributed by atoms with Crippen LogP contribution in [0.5, 0.6) is 5.75 Å². The summed E-state index contributed by atoms with van der Waals surface area (Å²) in [4.78, 5) is 14.1. The Hall–Kier alpha value is -2.77. The number of nitrogens with zero attached hydrogens (tertiary/aromatic N) is 1. The second-order valence-electron chi connectivity index (χ2n) is 9.54. The number of nitrogens with one attached hydrogen (secondary N) is 1. The minimum Gasteiger partial charge on any atom is -0.497 e. The van der Waals surface area contributed by atoms with Crippen molar-refractivity contribution in [2.24, 2.45) is 5.92 Å². The Balaban J connectivity index is 1.87. The number of likely N-dealkylation sites (N-methyl/N-ethyl adjacent to an activating group) is 1. The van der Waals surface area contributed by atoms with E-state index in [1.54, 1.807) is 19.1 Å². The van der Waals surface area contributed by atoms with Crippen LogP contribution in [0.4, 0.5) is 8.78 Å². The van der Waals surface area contributed by atoms with Crippen molar-refractivity contribution in [2.75, 3.05) is 33.9 Å². The highest BCUT2D eigenvalue weighted by atomic mass is 19.1. The molecule has 2 aromatic carbocycles. The summed E-state index contributed by atoms with van der Waals surface area (Å²) in [5.41, 5.74) is 1.59. The summed E-state index contributed by atoms with van der Waals surface area (Å²) in [7, 11) is 3.37. The molecule has 5 nitrogen and oxygen atoms in total. The van der Waals surface area contributed by atoms with Gasteiger partial charge in [-0.25, -0.2) is 8.78 Å². The third-order valence-electron chi connectivity index (χ3n) is 6.93. The maximum Gasteiger partial charge on any atom is 0.246 e. The van der Waals surface area contributed by atoms with Crippen LogP contribution >= 0.6 is 0 Å². The molecule has 0 saturated heterocycles. The minimum absolute atomic E-state index is 0.0299. The molecule has 0 aliphatic heterocycles. The Bertz CT molecular complexity index is 961. The number of aliphatic hydroxyl groups is 1. The Morgan fingerprint density at radius 3 is 2.32 bits per heavy atom. The molecule has 1 amide bonds. The molecule has 0 aliphatic rings. The van der Waals surface area contributed by atoms with E-state index in [0.29, 0.717) is 18.0 Å². The molecule has 0 aliphatic carbocycles. The molecule has 0 aromatic heterocycles. The molecule has 0 saturated carbocycles. The Kier molecular flexibility index (Phi) is 13.3. The first-order valence-corrected chi connectivity index (χ1v) is 13.2. The molecule has 0 heterocycles. The van der Waals surface area contributed by atoms with Crippen LogP contribution in [0.15, 0.2) is 48.5 Å². The lowest BCUT2D eigenvalue weighted by Gasteiger charge is -2.28. The van der Waals surface area contributed by atoms with E-state index >= 15 is 0 Å². The fourth-order valence-electron chi connectivity index (χ4n) is 4.65. The third-order valence-corrected chi connectivity index (χ3v) is 6.93. The van der Waals surface area contributed by atoms with Crippen molar-refractivity contribution in [3.05, 3.63) is 71.3 Å². The third kappa shape index (κ3) is 10.3. The smallest absolute Gasteiger partial charge is 0.246 e. The highest BCUT2D eigenvalue weighted by Crippen LogP contribution is 2.26. The quantitative estimate of drug-likeness (QED) is 0.278. The summed E-state index contributed by atoms with van der Waals surface area (Å²) in [6, 6.07) is 11.3. The lowest BCUT2D eigenvalue weighted by Crippen LogP contribution is -2.41. The number of aliphatic hydroxyl groups excluding tert-OH is 1. The van der Waals surface area contributed by atoms with Crippen molar-refractivity contribution >= 4 is 12.0 Å². The molecule has 7 heteroatoms. The zero-order valence-corrected chi connectivity index (χ0v) is 22.6. The molecule has 2 aromatic rings. The van der Waals surface area contributed by atoms with Crippen LogP contribution in [0, 0.1) is 17.6 Å². The van der Waals surface area contributed by atoms with Gasteiger partial charge in [0.2, 0.25) is 5.91 Å². The predicted molar refractivity (Wildman–Crippen MR) is 146 cm³/mol. The number of hydrogen-bond acceptors (Lipinski definition) is 4. The number of hydrogen-bond donors (Lipinski definition) is 2. The monoisotopic (exact) mass is 516 g/mol. The van der Waals surface area contributed by atoms with Gasteiger partial charge in [0.15, 0.2) is 0 Å². The highest BCUT2D eigenvalue weighted by Gasteiger charge is 2.21. The van der Waals surface area contributed by atoms with E-state index < -0.39 is 11.6 Å². The molecule has 2 N–H and O–H groups in total. The van der Waals surface area contributed by atoms with E-state index in [2.05, 4.69) is 31.3 Å². The Labute approximate surface area is 220 Å². The molecule has 3 atom stereocenters. The van der Waals surface area contributed by atoms with E-state index in [0.717, 1.165) is 50.5 Å². The number of amides is 1. The number of rotatable bonds is 16. The van der Waals surface area contributed by atoms with Crippen molar-refractivity contribution in [2.45, 2.75) is 57.9 Å². The molecular formula is C30H42F2N2O3. The molecular weight excluding hydrogens is 474 g/mol. The maximum atomic E-state index is 13.4. The Morgan fingerprint density at radius 1 is 1.08 bits per heavy atom. The topological polar surface area (TPSA) is 61.8 Å². The van der Waals surface area contributed by atoms with Crippen LogP contribution in [0.1, 0.15) is 63.0 Å². The molecule has 0 radical (unpaired) electrons. The van der Waals surface area contributed by atoms with Crippen LogP contribution in [0.2, 0.25) is 0 Å².